The van der Waals surface area contributed by atoms with Crippen molar-refractivity contribution in [3.8, 4) is 11.1 Å². The Balaban J connectivity index is 2.50. The van der Waals surface area contributed by atoms with Crippen LogP contribution in [0.25, 0.3) is 11.1 Å². The Bertz CT molecular complexity index is 483. The highest BCUT2D eigenvalue weighted by Crippen LogP contribution is 2.24. The highest BCUT2D eigenvalue weighted by Gasteiger charge is 2.03. The number of anilines is 1. The zero-order chi connectivity index (χ0) is 11.7. The number of nitrogens with two attached hydrogens (primary N) is 1. The predicted molar refractivity (Wildman–Crippen MR) is 65.7 cm³/mol. The third kappa shape index (κ3) is 1.91. The molecule has 2 rings (SSSR count). The zero-order valence-electron chi connectivity index (χ0n) is 9.42. The maximum Gasteiger partial charge on any atom is 0.126 e. The normalized spacial score (nSPS) is 10.4. The molecule has 0 unspecified atom stereocenters. The van der Waals surface area contributed by atoms with Gasteiger partial charge in [0.25, 0.3) is 0 Å². The Labute approximate surface area is 94.7 Å². The van der Waals surface area contributed by atoms with Crippen LogP contribution in [0.4, 0.5) is 10.1 Å². The first-order valence-corrected chi connectivity index (χ1v) is 5.20. The summed E-state index contributed by atoms with van der Waals surface area (Å²) in [6.45, 7) is 3.71. The van der Waals surface area contributed by atoms with Crippen molar-refractivity contribution in [3.63, 3.8) is 0 Å². The summed E-state index contributed by atoms with van der Waals surface area (Å²) in [6.07, 6.45) is 0. The Morgan fingerprint density at radius 2 is 1.50 bits per heavy atom. The molecule has 0 aromatic heterocycles. The summed E-state index contributed by atoms with van der Waals surface area (Å²) < 4.78 is 13.4. The van der Waals surface area contributed by atoms with Crippen LogP contribution in [0.15, 0.2) is 36.4 Å². The molecule has 0 atom stereocenters. The SMILES string of the molecule is Cc1cc(-c2ccc(C)c(F)c2)ccc1N. The first-order chi connectivity index (χ1) is 7.58. The van der Waals surface area contributed by atoms with Crippen molar-refractivity contribution in [1.29, 1.82) is 0 Å². The van der Waals surface area contributed by atoms with E-state index in [0.29, 0.717) is 5.56 Å². The summed E-state index contributed by atoms with van der Waals surface area (Å²) in [6, 6.07) is 11.0. The molecule has 0 aliphatic carbocycles. The smallest absolute Gasteiger partial charge is 0.126 e. The molecule has 0 spiro atoms. The van der Waals surface area contributed by atoms with Gasteiger partial charge in [-0.2, -0.15) is 0 Å². The van der Waals surface area contributed by atoms with Crippen LogP contribution in [0, 0.1) is 19.7 Å². The van der Waals surface area contributed by atoms with Gasteiger partial charge in [-0.1, -0.05) is 18.2 Å². The third-order valence-corrected chi connectivity index (χ3v) is 2.77. The molecule has 0 radical (unpaired) electrons. The van der Waals surface area contributed by atoms with Gasteiger partial charge in [-0.05, 0) is 54.3 Å². The third-order valence-electron chi connectivity index (χ3n) is 2.77. The van der Waals surface area contributed by atoms with E-state index in [1.807, 2.05) is 31.2 Å². The van der Waals surface area contributed by atoms with Crippen molar-refractivity contribution in [2.24, 2.45) is 0 Å². The van der Waals surface area contributed by atoms with Crippen LogP contribution in [0.5, 0.6) is 0 Å². The van der Waals surface area contributed by atoms with Crippen LogP contribution < -0.4 is 5.73 Å². The van der Waals surface area contributed by atoms with Crippen molar-refractivity contribution in [3.05, 3.63) is 53.3 Å². The lowest BCUT2D eigenvalue weighted by Crippen LogP contribution is -1.90. The molecule has 82 valence electrons. The highest BCUT2D eigenvalue weighted by molar-refractivity contribution is 5.67. The van der Waals surface area contributed by atoms with E-state index in [-0.39, 0.29) is 5.82 Å². The number of rotatable bonds is 1. The van der Waals surface area contributed by atoms with Crippen molar-refractivity contribution in [2.45, 2.75) is 13.8 Å². The van der Waals surface area contributed by atoms with E-state index in [2.05, 4.69) is 0 Å². The minimum Gasteiger partial charge on any atom is -0.399 e. The number of hydrogen-bond acceptors (Lipinski definition) is 1. The monoisotopic (exact) mass is 215 g/mol. The fourth-order valence-corrected chi connectivity index (χ4v) is 1.63. The topological polar surface area (TPSA) is 26.0 Å². The molecular formula is C14H14FN. The summed E-state index contributed by atoms with van der Waals surface area (Å²) >= 11 is 0. The molecule has 0 amide bonds. The van der Waals surface area contributed by atoms with Crippen molar-refractivity contribution < 1.29 is 4.39 Å². The molecule has 0 heterocycles. The van der Waals surface area contributed by atoms with Crippen LogP contribution in [0.2, 0.25) is 0 Å². The molecule has 2 heteroatoms. The van der Waals surface area contributed by atoms with Gasteiger partial charge < -0.3 is 5.73 Å². The van der Waals surface area contributed by atoms with Crippen LogP contribution in [-0.2, 0) is 0 Å². The number of halogens is 1. The van der Waals surface area contributed by atoms with Gasteiger partial charge in [0.15, 0.2) is 0 Å². The molecule has 0 aliphatic heterocycles. The van der Waals surface area contributed by atoms with Crippen molar-refractivity contribution >= 4 is 5.69 Å². The first-order valence-electron chi connectivity index (χ1n) is 5.20. The van der Waals surface area contributed by atoms with Gasteiger partial charge in [0, 0.05) is 5.69 Å². The molecule has 0 aliphatic rings. The lowest BCUT2D eigenvalue weighted by atomic mass is 10.0. The van der Waals surface area contributed by atoms with E-state index in [9.17, 15) is 4.39 Å². The van der Waals surface area contributed by atoms with Gasteiger partial charge in [-0.25, -0.2) is 4.39 Å². The lowest BCUT2D eigenvalue weighted by Gasteiger charge is -2.06. The maximum absolute atomic E-state index is 13.4. The Kier molecular flexibility index (Phi) is 2.65. The molecule has 2 N–H and O–H groups in total. The van der Waals surface area contributed by atoms with Gasteiger partial charge in [0.05, 0.1) is 0 Å². The minimum atomic E-state index is -0.174. The highest BCUT2D eigenvalue weighted by atomic mass is 19.1. The second-order valence-electron chi connectivity index (χ2n) is 4.04. The number of nitrogen functional groups attached to an aromatic ring is 1. The lowest BCUT2D eigenvalue weighted by molar-refractivity contribution is 0.619. The molecule has 2 aromatic rings. The second kappa shape index (κ2) is 3.97. The van der Waals surface area contributed by atoms with Crippen LogP contribution in [0.3, 0.4) is 0 Å². The van der Waals surface area contributed by atoms with E-state index < -0.39 is 0 Å². The summed E-state index contributed by atoms with van der Waals surface area (Å²) in [5.74, 6) is -0.174. The summed E-state index contributed by atoms with van der Waals surface area (Å²) in [5.41, 5.74) is 10.1. The van der Waals surface area contributed by atoms with Crippen LogP contribution in [-0.4, -0.2) is 0 Å². The molecule has 16 heavy (non-hydrogen) atoms. The number of hydrogen-bond donors (Lipinski definition) is 1. The van der Waals surface area contributed by atoms with Gasteiger partial charge in [0.1, 0.15) is 5.82 Å². The molecule has 0 bridgehead atoms. The zero-order valence-corrected chi connectivity index (χ0v) is 9.42. The average molecular weight is 215 g/mol. The Hall–Kier alpha value is -1.83. The Morgan fingerprint density at radius 3 is 2.12 bits per heavy atom. The van der Waals surface area contributed by atoms with Gasteiger partial charge >= 0.3 is 0 Å². The summed E-state index contributed by atoms with van der Waals surface area (Å²) in [7, 11) is 0. The van der Waals surface area contributed by atoms with Gasteiger partial charge in [-0.15, -0.1) is 0 Å². The van der Waals surface area contributed by atoms with E-state index in [1.165, 1.54) is 0 Å². The van der Waals surface area contributed by atoms with Crippen molar-refractivity contribution in [2.75, 3.05) is 5.73 Å². The molecule has 0 fully saturated rings. The van der Waals surface area contributed by atoms with Crippen molar-refractivity contribution in [1.82, 2.24) is 0 Å². The molecule has 1 nitrogen and oxygen atoms in total. The van der Waals surface area contributed by atoms with E-state index in [0.717, 1.165) is 22.4 Å². The molecular weight excluding hydrogens is 201 g/mol. The minimum absolute atomic E-state index is 0.174. The first kappa shape index (κ1) is 10.7. The fourth-order valence-electron chi connectivity index (χ4n) is 1.63. The van der Waals surface area contributed by atoms with Gasteiger partial charge in [0.2, 0.25) is 0 Å². The van der Waals surface area contributed by atoms with E-state index in [1.54, 1.807) is 19.1 Å². The fraction of sp³-hybridized carbons (Fsp3) is 0.143. The number of aryl methyl sites for hydroxylation is 2. The molecule has 2 aromatic carbocycles. The van der Waals surface area contributed by atoms with Gasteiger partial charge in [-0.3, -0.25) is 0 Å². The molecule has 0 saturated heterocycles. The maximum atomic E-state index is 13.4. The standard InChI is InChI=1S/C14H14FN/c1-9-3-4-12(8-13(9)15)11-5-6-14(16)10(2)7-11/h3-8H,16H2,1-2H3. The van der Waals surface area contributed by atoms with E-state index in [4.69, 9.17) is 5.73 Å². The summed E-state index contributed by atoms with van der Waals surface area (Å²) in [4.78, 5) is 0. The second-order valence-corrected chi connectivity index (χ2v) is 4.04. The largest absolute Gasteiger partial charge is 0.399 e. The molecule has 0 saturated carbocycles. The predicted octanol–water partition coefficient (Wildman–Crippen LogP) is 3.69. The Morgan fingerprint density at radius 1 is 0.875 bits per heavy atom. The van der Waals surface area contributed by atoms with Crippen LogP contribution in [0.1, 0.15) is 11.1 Å². The van der Waals surface area contributed by atoms with E-state index >= 15 is 0 Å². The summed E-state index contributed by atoms with van der Waals surface area (Å²) in [5, 5.41) is 0. The number of benzene rings is 2. The average Bonchev–Trinajstić information content (AvgIpc) is 2.26. The van der Waals surface area contributed by atoms with Crippen LogP contribution >= 0.6 is 0 Å². The quantitative estimate of drug-likeness (QED) is 0.721.